The molecule has 21 heavy (non-hydrogen) atoms. The second kappa shape index (κ2) is 6.76. The predicted octanol–water partition coefficient (Wildman–Crippen LogP) is 1.85. The van der Waals surface area contributed by atoms with Gasteiger partial charge in [0.15, 0.2) is 5.16 Å². The van der Waals surface area contributed by atoms with Crippen molar-refractivity contribution in [3.63, 3.8) is 0 Å². The topological polar surface area (TPSA) is 72.8 Å². The first kappa shape index (κ1) is 14.8. The maximum Gasteiger partial charge on any atom is 0.344 e. The first-order chi connectivity index (χ1) is 10.2. The van der Waals surface area contributed by atoms with E-state index in [-0.39, 0.29) is 11.8 Å². The van der Waals surface area contributed by atoms with Crippen molar-refractivity contribution in [3.05, 3.63) is 26.6 Å². The van der Waals surface area contributed by atoms with Gasteiger partial charge in [0, 0.05) is 17.2 Å². The van der Waals surface area contributed by atoms with E-state index in [1.54, 1.807) is 27.7 Å². The van der Waals surface area contributed by atoms with Crippen LogP contribution in [0.1, 0.15) is 23.4 Å². The number of hydrogen-bond donors (Lipinski definition) is 1. The van der Waals surface area contributed by atoms with Crippen LogP contribution >= 0.6 is 23.1 Å². The van der Waals surface area contributed by atoms with Crippen molar-refractivity contribution in [2.75, 3.05) is 12.4 Å². The van der Waals surface area contributed by atoms with Gasteiger partial charge < -0.3 is 4.74 Å². The number of thioether (sulfide) groups is 1. The zero-order valence-corrected chi connectivity index (χ0v) is 13.5. The van der Waals surface area contributed by atoms with E-state index in [9.17, 15) is 4.79 Å². The molecular formula is C13H18N4O2S2. The predicted molar refractivity (Wildman–Crippen MR) is 83.1 cm³/mol. The highest BCUT2D eigenvalue weighted by molar-refractivity contribution is 7.99. The average molecular weight is 326 g/mol. The number of aryl methyl sites for hydroxylation is 2. The van der Waals surface area contributed by atoms with Crippen molar-refractivity contribution in [2.24, 2.45) is 0 Å². The Balaban J connectivity index is 1.60. The second-order valence-electron chi connectivity index (χ2n) is 5.02. The summed E-state index contributed by atoms with van der Waals surface area (Å²) in [6.07, 6.45) is 3.18. The van der Waals surface area contributed by atoms with Crippen LogP contribution in [-0.2, 0) is 17.7 Å². The summed E-state index contributed by atoms with van der Waals surface area (Å²) < 4.78 is 7.29. The lowest BCUT2D eigenvalue weighted by atomic mass is 10.2. The Morgan fingerprint density at radius 1 is 1.62 bits per heavy atom. The molecule has 1 atom stereocenters. The van der Waals surface area contributed by atoms with Crippen molar-refractivity contribution in [1.29, 1.82) is 0 Å². The zero-order valence-electron chi connectivity index (χ0n) is 11.9. The molecule has 0 radical (unpaired) electrons. The van der Waals surface area contributed by atoms with Gasteiger partial charge in [-0.3, -0.25) is 4.57 Å². The van der Waals surface area contributed by atoms with Crippen LogP contribution in [-0.4, -0.2) is 38.2 Å². The van der Waals surface area contributed by atoms with Crippen LogP contribution in [0.2, 0.25) is 0 Å². The normalized spacial score (nSPS) is 18.4. The fourth-order valence-electron chi connectivity index (χ4n) is 2.37. The number of nitrogens with zero attached hydrogens (tertiary/aromatic N) is 3. The molecule has 1 N–H and O–H groups in total. The van der Waals surface area contributed by atoms with Gasteiger partial charge in [0.1, 0.15) is 0 Å². The summed E-state index contributed by atoms with van der Waals surface area (Å²) in [6.45, 7) is 3.42. The number of aromatic nitrogens is 4. The smallest absolute Gasteiger partial charge is 0.344 e. The summed E-state index contributed by atoms with van der Waals surface area (Å²) in [7, 11) is 0. The van der Waals surface area contributed by atoms with Crippen LogP contribution in [0.3, 0.4) is 0 Å². The van der Waals surface area contributed by atoms with Crippen molar-refractivity contribution < 1.29 is 4.74 Å². The molecule has 0 bridgehead atoms. The van der Waals surface area contributed by atoms with Crippen molar-refractivity contribution in [3.8, 4) is 0 Å². The van der Waals surface area contributed by atoms with Crippen LogP contribution in [0.4, 0.5) is 0 Å². The molecule has 1 saturated heterocycles. The molecule has 0 aliphatic carbocycles. The van der Waals surface area contributed by atoms with Crippen LogP contribution in [0.15, 0.2) is 15.5 Å². The summed E-state index contributed by atoms with van der Waals surface area (Å²) in [6, 6.07) is 0. The quantitative estimate of drug-likeness (QED) is 0.820. The molecule has 8 heteroatoms. The van der Waals surface area contributed by atoms with Gasteiger partial charge in [-0.05, 0) is 26.2 Å². The highest BCUT2D eigenvalue weighted by atomic mass is 32.2. The number of hydrogen-bond acceptors (Lipinski definition) is 6. The molecule has 6 nitrogen and oxygen atoms in total. The van der Waals surface area contributed by atoms with E-state index in [4.69, 9.17) is 4.74 Å². The average Bonchev–Trinajstić information content (AvgIpc) is 3.18. The van der Waals surface area contributed by atoms with Crippen LogP contribution in [0, 0.1) is 6.92 Å². The molecule has 0 saturated carbocycles. The van der Waals surface area contributed by atoms with Gasteiger partial charge in [-0.15, -0.1) is 16.4 Å². The first-order valence-electron chi connectivity index (χ1n) is 7.02. The van der Waals surface area contributed by atoms with E-state index in [0.717, 1.165) is 42.5 Å². The Hall–Kier alpha value is -1.12. The van der Waals surface area contributed by atoms with Gasteiger partial charge in [0.25, 0.3) is 0 Å². The van der Waals surface area contributed by atoms with Crippen LogP contribution in [0.25, 0.3) is 0 Å². The molecule has 3 heterocycles. The van der Waals surface area contributed by atoms with E-state index in [0.29, 0.717) is 6.54 Å². The van der Waals surface area contributed by atoms with E-state index in [2.05, 4.69) is 15.2 Å². The molecule has 2 aromatic rings. The van der Waals surface area contributed by atoms with Gasteiger partial charge in [-0.2, -0.15) is 0 Å². The second-order valence-corrected chi connectivity index (χ2v) is 7.02. The maximum atomic E-state index is 11.8. The van der Waals surface area contributed by atoms with E-state index in [1.807, 2.05) is 12.4 Å². The fraction of sp³-hybridized carbons (Fsp3) is 0.615. The van der Waals surface area contributed by atoms with E-state index >= 15 is 0 Å². The molecular weight excluding hydrogens is 308 g/mol. The lowest BCUT2D eigenvalue weighted by Crippen LogP contribution is -2.25. The molecule has 0 amide bonds. The van der Waals surface area contributed by atoms with E-state index < -0.39 is 0 Å². The van der Waals surface area contributed by atoms with Crippen molar-refractivity contribution >= 4 is 23.1 Å². The number of H-pyrrole nitrogens is 1. The highest BCUT2D eigenvalue weighted by Crippen LogP contribution is 2.21. The number of rotatable bonds is 6. The summed E-state index contributed by atoms with van der Waals surface area (Å²) in [5.74, 6) is 0.888. The van der Waals surface area contributed by atoms with Gasteiger partial charge in [-0.1, -0.05) is 11.8 Å². The number of aromatic amines is 1. The highest BCUT2D eigenvalue weighted by Gasteiger charge is 2.19. The molecule has 1 unspecified atom stereocenters. The summed E-state index contributed by atoms with van der Waals surface area (Å²) in [5.41, 5.74) is 2.82. The summed E-state index contributed by atoms with van der Waals surface area (Å²) in [4.78, 5) is 17.4. The standard InChI is InChI=1S/C13H18N4O2S2/c1-9-11(21-8-14-9)4-6-20-13-16-15-12(18)17(13)7-10-3-2-5-19-10/h8,10H,2-7H2,1H3,(H,15,18). The third kappa shape index (κ3) is 3.56. The monoisotopic (exact) mass is 326 g/mol. The Morgan fingerprint density at radius 2 is 2.52 bits per heavy atom. The summed E-state index contributed by atoms with van der Waals surface area (Å²) >= 11 is 3.28. The van der Waals surface area contributed by atoms with Crippen molar-refractivity contribution in [1.82, 2.24) is 19.7 Å². The van der Waals surface area contributed by atoms with Crippen molar-refractivity contribution in [2.45, 2.75) is 44.0 Å². The van der Waals surface area contributed by atoms with Crippen LogP contribution in [0.5, 0.6) is 0 Å². The molecule has 1 fully saturated rings. The van der Waals surface area contributed by atoms with Gasteiger partial charge in [0.05, 0.1) is 23.9 Å². The Bertz CT molecular complexity index is 643. The lowest BCUT2D eigenvalue weighted by Gasteiger charge is -2.10. The maximum absolute atomic E-state index is 11.8. The minimum atomic E-state index is -0.151. The minimum Gasteiger partial charge on any atom is -0.376 e. The molecule has 0 aromatic carbocycles. The number of thiazole rings is 1. The molecule has 0 spiro atoms. The Labute approximate surface area is 130 Å². The van der Waals surface area contributed by atoms with Gasteiger partial charge in [0.2, 0.25) is 0 Å². The number of ether oxygens (including phenoxy) is 1. The molecule has 1 aliphatic rings. The first-order valence-corrected chi connectivity index (χ1v) is 8.89. The minimum absolute atomic E-state index is 0.142. The van der Waals surface area contributed by atoms with Gasteiger partial charge in [-0.25, -0.2) is 14.9 Å². The Kier molecular flexibility index (Phi) is 4.77. The fourth-order valence-corrected chi connectivity index (χ4v) is 4.19. The molecule has 114 valence electrons. The van der Waals surface area contributed by atoms with Crippen LogP contribution < -0.4 is 5.69 Å². The van der Waals surface area contributed by atoms with Gasteiger partial charge >= 0.3 is 5.69 Å². The number of nitrogens with one attached hydrogen (secondary N) is 1. The SMILES string of the molecule is Cc1ncsc1CCSc1n[nH]c(=O)n1CC1CCCO1. The Morgan fingerprint density at radius 3 is 3.24 bits per heavy atom. The lowest BCUT2D eigenvalue weighted by molar-refractivity contribution is 0.0941. The third-order valence-electron chi connectivity index (χ3n) is 3.54. The van der Waals surface area contributed by atoms with E-state index in [1.165, 1.54) is 4.88 Å². The molecule has 2 aromatic heterocycles. The summed E-state index contributed by atoms with van der Waals surface area (Å²) in [5, 5.41) is 7.41. The largest absolute Gasteiger partial charge is 0.376 e. The zero-order chi connectivity index (χ0) is 14.7. The molecule has 1 aliphatic heterocycles. The third-order valence-corrected chi connectivity index (χ3v) is 5.51. The molecule has 3 rings (SSSR count).